The highest BCUT2D eigenvalue weighted by molar-refractivity contribution is 5.69. The lowest BCUT2D eigenvalue weighted by molar-refractivity contribution is -0.150. The van der Waals surface area contributed by atoms with Gasteiger partial charge in [-0.25, -0.2) is 0 Å². The second-order valence-corrected chi connectivity index (χ2v) is 11.6. The Morgan fingerprint density at radius 2 is 0.838 bits per heavy atom. The summed E-state index contributed by atoms with van der Waals surface area (Å²) in [5.74, 6) is 0.0540. The zero-order valence-electron chi connectivity index (χ0n) is 25.9. The molecule has 0 heterocycles. The monoisotopic (exact) mass is 524 g/mol. The normalized spacial score (nSPS) is 11.5. The lowest BCUT2D eigenvalue weighted by Gasteiger charge is -2.18. The maximum Gasteiger partial charge on any atom is 0.306 e. The quantitative estimate of drug-likeness (QED) is 0.0725. The average Bonchev–Trinajstić information content (AvgIpc) is 2.90. The Balaban J connectivity index is 3.77. The van der Waals surface area contributed by atoms with E-state index in [1.54, 1.807) is 0 Å². The first-order chi connectivity index (χ1) is 18.2. The van der Waals surface area contributed by atoms with E-state index in [-0.39, 0.29) is 12.1 Å². The van der Waals surface area contributed by atoms with Crippen LogP contribution in [0.5, 0.6) is 0 Å². The maximum absolute atomic E-state index is 12.5. The lowest BCUT2D eigenvalue weighted by Crippen LogP contribution is -2.18. The highest BCUT2D eigenvalue weighted by Crippen LogP contribution is 2.18. The Morgan fingerprint density at radius 1 is 0.486 bits per heavy atom. The molecular formula is C34H69NO2. The summed E-state index contributed by atoms with van der Waals surface area (Å²) < 4.78 is 5.98. The van der Waals surface area contributed by atoms with Crippen molar-refractivity contribution < 1.29 is 9.53 Å². The fourth-order valence-electron chi connectivity index (χ4n) is 5.19. The van der Waals surface area contributed by atoms with E-state index >= 15 is 0 Å². The summed E-state index contributed by atoms with van der Waals surface area (Å²) in [6.45, 7) is 9.15. The van der Waals surface area contributed by atoms with Crippen molar-refractivity contribution in [1.29, 1.82) is 0 Å². The van der Waals surface area contributed by atoms with Gasteiger partial charge in [0.2, 0.25) is 0 Å². The Morgan fingerprint density at radius 3 is 1.27 bits per heavy atom. The van der Waals surface area contributed by atoms with Crippen LogP contribution in [0, 0.1) is 0 Å². The molecule has 0 spiro atoms. The molecule has 0 aromatic rings. The van der Waals surface area contributed by atoms with Crippen LogP contribution < -0.4 is 5.32 Å². The van der Waals surface area contributed by atoms with Crippen LogP contribution in [0.1, 0.15) is 194 Å². The fourth-order valence-corrected chi connectivity index (χ4v) is 5.19. The Bertz CT molecular complexity index is 424. The van der Waals surface area contributed by atoms with Gasteiger partial charge in [-0.3, -0.25) is 4.79 Å². The Kier molecular flexibility index (Phi) is 31.2. The predicted molar refractivity (Wildman–Crippen MR) is 164 cm³/mol. The summed E-state index contributed by atoms with van der Waals surface area (Å²) in [5, 5.41) is 3.61. The molecule has 222 valence electrons. The first-order valence-corrected chi connectivity index (χ1v) is 17.1. The molecule has 0 unspecified atom stereocenters. The molecule has 3 heteroatoms. The third-order valence-electron chi connectivity index (χ3n) is 7.75. The van der Waals surface area contributed by atoms with Crippen LogP contribution in [0.15, 0.2) is 0 Å². The van der Waals surface area contributed by atoms with Crippen molar-refractivity contribution in [1.82, 2.24) is 5.32 Å². The van der Waals surface area contributed by atoms with Crippen molar-refractivity contribution in [3.8, 4) is 0 Å². The van der Waals surface area contributed by atoms with Gasteiger partial charge < -0.3 is 10.1 Å². The van der Waals surface area contributed by atoms with Crippen LogP contribution in [-0.4, -0.2) is 25.2 Å². The van der Waals surface area contributed by atoms with E-state index in [9.17, 15) is 4.79 Å². The van der Waals surface area contributed by atoms with Gasteiger partial charge in [0.15, 0.2) is 0 Å². The molecular weight excluding hydrogens is 454 g/mol. The first-order valence-electron chi connectivity index (χ1n) is 17.1. The van der Waals surface area contributed by atoms with E-state index in [0.29, 0.717) is 6.42 Å². The van der Waals surface area contributed by atoms with Gasteiger partial charge in [-0.2, -0.15) is 0 Å². The van der Waals surface area contributed by atoms with Crippen molar-refractivity contribution in [2.45, 2.75) is 200 Å². The standard InChI is InChI=1S/C34H69NO2/c1-4-7-10-13-16-21-26-31-35-32-27-22-17-20-25-30-34(36)37-33(28-23-18-14-11-8-5-2)29-24-19-15-12-9-6-3/h33,35H,4-32H2,1-3H3. The summed E-state index contributed by atoms with van der Waals surface area (Å²) in [6.07, 6.45) is 34.2. The van der Waals surface area contributed by atoms with Crippen molar-refractivity contribution in [3.05, 3.63) is 0 Å². The number of carbonyl (C=O) groups is 1. The van der Waals surface area contributed by atoms with Crippen molar-refractivity contribution >= 4 is 5.97 Å². The van der Waals surface area contributed by atoms with Gasteiger partial charge in [0.25, 0.3) is 0 Å². The van der Waals surface area contributed by atoms with Gasteiger partial charge in [-0.15, -0.1) is 0 Å². The minimum absolute atomic E-state index is 0.0540. The predicted octanol–water partition coefficient (Wildman–Crippen LogP) is 11.1. The Labute approximate surface area is 234 Å². The molecule has 37 heavy (non-hydrogen) atoms. The number of rotatable bonds is 31. The van der Waals surface area contributed by atoms with Gasteiger partial charge in [0.05, 0.1) is 0 Å². The highest BCUT2D eigenvalue weighted by atomic mass is 16.5. The number of unbranched alkanes of at least 4 members (excludes halogenated alkanes) is 20. The van der Waals surface area contributed by atoms with Crippen molar-refractivity contribution in [2.24, 2.45) is 0 Å². The molecule has 0 aromatic carbocycles. The van der Waals surface area contributed by atoms with Gasteiger partial charge in [0, 0.05) is 6.42 Å². The molecule has 0 aliphatic heterocycles. The highest BCUT2D eigenvalue weighted by Gasteiger charge is 2.14. The van der Waals surface area contributed by atoms with Crippen LogP contribution in [-0.2, 0) is 9.53 Å². The zero-order chi connectivity index (χ0) is 27.1. The molecule has 0 saturated carbocycles. The molecule has 0 atom stereocenters. The van der Waals surface area contributed by atoms with E-state index in [1.165, 1.54) is 148 Å². The third-order valence-corrected chi connectivity index (χ3v) is 7.75. The summed E-state index contributed by atoms with van der Waals surface area (Å²) in [6, 6.07) is 0. The van der Waals surface area contributed by atoms with Crippen LogP contribution in [0.3, 0.4) is 0 Å². The minimum atomic E-state index is 0.0540. The summed E-state index contributed by atoms with van der Waals surface area (Å²) in [7, 11) is 0. The second-order valence-electron chi connectivity index (χ2n) is 11.6. The van der Waals surface area contributed by atoms with Crippen LogP contribution in [0.2, 0.25) is 0 Å². The van der Waals surface area contributed by atoms with E-state index in [1.807, 2.05) is 0 Å². The molecule has 1 N–H and O–H groups in total. The molecule has 0 aromatic heterocycles. The third kappa shape index (κ3) is 29.8. The van der Waals surface area contributed by atoms with Gasteiger partial charge in [0.1, 0.15) is 6.10 Å². The molecule has 0 aliphatic carbocycles. The zero-order valence-corrected chi connectivity index (χ0v) is 25.9. The van der Waals surface area contributed by atoms with Gasteiger partial charge in [-0.1, -0.05) is 143 Å². The molecule has 0 rings (SSSR count). The summed E-state index contributed by atoms with van der Waals surface area (Å²) in [4.78, 5) is 12.5. The number of hydrogen-bond donors (Lipinski definition) is 1. The fraction of sp³-hybridized carbons (Fsp3) is 0.971. The van der Waals surface area contributed by atoms with Crippen LogP contribution >= 0.6 is 0 Å². The van der Waals surface area contributed by atoms with Gasteiger partial charge >= 0.3 is 5.97 Å². The molecule has 0 aliphatic rings. The number of carbonyl (C=O) groups excluding carboxylic acids is 1. The lowest BCUT2D eigenvalue weighted by atomic mass is 10.0. The minimum Gasteiger partial charge on any atom is -0.462 e. The molecule has 0 saturated heterocycles. The number of ether oxygens (including phenoxy) is 1. The largest absolute Gasteiger partial charge is 0.462 e. The van der Waals surface area contributed by atoms with E-state index in [4.69, 9.17) is 4.74 Å². The van der Waals surface area contributed by atoms with Crippen LogP contribution in [0.25, 0.3) is 0 Å². The van der Waals surface area contributed by atoms with E-state index in [0.717, 1.165) is 32.2 Å². The van der Waals surface area contributed by atoms with E-state index < -0.39 is 0 Å². The van der Waals surface area contributed by atoms with Crippen molar-refractivity contribution in [3.63, 3.8) is 0 Å². The number of hydrogen-bond acceptors (Lipinski definition) is 3. The molecule has 0 fully saturated rings. The van der Waals surface area contributed by atoms with Gasteiger partial charge in [-0.05, 0) is 58.0 Å². The smallest absolute Gasteiger partial charge is 0.306 e. The van der Waals surface area contributed by atoms with E-state index in [2.05, 4.69) is 26.1 Å². The number of nitrogens with one attached hydrogen (secondary N) is 1. The number of esters is 1. The molecule has 3 nitrogen and oxygen atoms in total. The first kappa shape index (κ1) is 36.4. The SMILES string of the molecule is CCCCCCCCCNCCCCCCCC(=O)OC(CCCCCCCC)CCCCCCCC. The maximum atomic E-state index is 12.5. The molecule has 0 radical (unpaired) electrons. The van der Waals surface area contributed by atoms with Crippen molar-refractivity contribution in [2.75, 3.05) is 13.1 Å². The molecule has 0 amide bonds. The topological polar surface area (TPSA) is 38.3 Å². The van der Waals surface area contributed by atoms with Crippen LogP contribution in [0.4, 0.5) is 0 Å². The summed E-state index contributed by atoms with van der Waals surface area (Å²) >= 11 is 0. The Hall–Kier alpha value is -0.570. The summed E-state index contributed by atoms with van der Waals surface area (Å²) in [5.41, 5.74) is 0. The average molecular weight is 524 g/mol. The second kappa shape index (κ2) is 31.6. The molecule has 0 bridgehead atoms.